The highest BCUT2D eigenvalue weighted by Crippen LogP contribution is 2.24. The lowest BCUT2D eigenvalue weighted by molar-refractivity contribution is -0.110. The minimum Gasteiger partial charge on any atom is -0.397 e. The van der Waals surface area contributed by atoms with Gasteiger partial charge in [-0.25, -0.2) is 9.97 Å². The highest BCUT2D eigenvalue weighted by atomic mass is 16.2. The second-order valence-corrected chi connectivity index (χ2v) is 8.61. The first-order valence-electron chi connectivity index (χ1n) is 12.0. The van der Waals surface area contributed by atoms with Crippen LogP contribution in [0, 0.1) is 0 Å². The zero-order chi connectivity index (χ0) is 26.5. The van der Waals surface area contributed by atoms with Gasteiger partial charge in [0.1, 0.15) is 0 Å². The third kappa shape index (κ3) is 5.10. The van der Waals surface area contributed by atoms with E-state index in [9.17, 15) is 9.59 Å². The van der Waals surface area contributed by atoms with E-state index in [1.165, 1.54) is 11.5 Å². The maximum Gasteiger partial charge on any atom is 0.233 e. The molecule has 1 heterocycles. The molecule has 0 aliphatic heterocycles. The van der Waals surface area contributed by atoms with Gasteiger partial charge < -0.3 is 11.5 Å². The van der Waals surface area contributed by atoms with E-state index in [1.54, 1.807) is 30.3 Å². The van der Waals surface area contributed by atoms with Crippen molar-refractivity contribution in [1.82, 2.24) is 9.97 Å². The quantitative estimate of drug-likeness (QED) is 0.111. The second kappa shape index (κ2) is 10.7. The fourth-order valence-corrected chi connectivity index (χ4v) is 4.09. The summed E-state index contributed by atoms with van der Waals surface area (Å²) in [7, 11) is 0. The van der Waals surface area contributed by atoms with Crippen LogP contribution in [0.25, 0.3) is 38.9 Å². The number of nitrogens with zero attached hydrogens (tertiary/aromatic N) is 2. The van der Waals surface area contributed by atoms with Crippen molar-refractivity contribution in [3.63, 3.8) is 0 Å². The van der Waals surface area contributed by atoms with Gasteiger partial charge in [0.25, 0.3) is 0 Å². The van der Waals surface area contributed by atoms with Crippen molar-refractivity contribution < 1.29 is 9.59 Å². The Kier molecular flexibility index (Phi) is 6.87. The van der Waals surface area contributed by atoms with E-state index in [-0.39, 0.29) is 0 Å². The molecule has 0 saturated carbocycles. The van der Waals surface area contributed by atoms with Crippen LogP contribution in [0.1, 0.15) is 15.9 Å². The summed E-state index contributed by atoms with van der Waals surface area (Å²) < 4.78 is 0. The summed E-state index contributed by atoms with van der Waals surface area (Å²) in [6.45, 7) is 0. The van der Waals surface area contributed by atoms with Gasteiger partial charge in [-0.05, 0) is 47.4 Å². The monoisotopic (exact) mass is 496 g/mol. The molecule has 0 spiro atoms. The molecule has 0 atom stereocenters. The Morgan fingerprint density at radius 1 is 0.526 bits per heavy atom. The van der Waals surface area contributed by atoms with Crippen LogP contribution >= 0.6 is 0 Å². The van der Waals surface area contributed by atoms with Gasteiger partial charge in [0.2, 0.25) is 11.6 Å². The highest BCUT2D eigenvalue weighted by Gasteiger charge is 2.19. The Morgan fingerprint density at radius 3 is 1.87 bits per heavy atom. The lowest BCUT2D eigenvalue weighted by Crippen LogP contribution is -2.15. The number of ketones is 2. The van der Waals surface area contributed by atoms with Crippen molar-refractivity contribution in [1.29, 1.82) is 0 Å². The molecule has 0 saturated heterocycles. The molecule has 6 heteroatoms. The molecular weight excluding hydrogens is 472 g/mol. The van der Waals surface area contributed by atoms with Crippen molar-refractivity contribution in [2.45, 2.75) is 0 Å². The molecule has 4 N–H and O–H groups in total. The van der Waals surface area contributed by atoms with Crippen LogP contribution in [0.4, 0.5) is 11.4 Å². The summed E-state index contributed by atoms with van der Waals surface area (Å²) in [4.78, 5) is 31.5. The molecule has 6 aromatic rings. The first-order valence-corrected chi connectivity index (χ1v) is 12.0. The Labute approximate surface area is 219 Å². The molecule has 0 radical (unpaired) electrons. The molecule has 38 heavy (non-hydrogen) atoms. The van der Waals surface area contributed by atoms with Crippen molar-refractivity contribution in [3.8, 4) is 0 Å². The van der Waals surface area contributed by atoms with Crippen LogP contribution in [0.5, 0.6) is 0 Å². The van der Waals surface area contributed by atoms with Gasteiger partial charge in [0, 0.05) is 10.9 Å². The van der Waals surface area contributed by atoms with Crippen molar-refractivity contribution in [3.05, 3.63) is 126 Å². The molecule has 5 aromatic carbocycles. The van der Waals surface area contributed by atoms with Crippen LogP contribution in [0.3, 0.4) is 0 Å². The first-order chi connectivity index (χ1) is 18.5. The molecule has 1 aliphatic rings. The maximum atomic E-state index is 11.2. The minimum atomic E-state index is -0.436. The fourth-order valence-electron chi connectivity index (χ4n) is 4.09. The molecule has 6 nitrogen and oxygen atoms in total. The largest absolute Gasteiger partial charge is 0.397 e. The number of hydrogen-bond donors (Lipinski definition) is 2. The number of anilines is 2. The number of carbonyl (C=O) groups excluding carboxylic acids is 2. The first kappa shape index (κ1) is 24.3. The number of Topliss-reactive ketones (excluding diaryl/α,β-unsaturated/α-hetero) is 1. The summed E-state index contributed by atoms with van der Waals surface area (Å²) in [5.41, 5.74) is 17.2. The van der Waals surface area contributed by atoms with Gasteiger partial charge in [0.05, 0.1) is 33.4 Å². The molecule has 0 fully saturated rings. The Hall–Kier alpha value is -5.36. The average molecular weight is 497 g/mol. The summed E-state index contributed by atoms with van der Waals surface area (Å²) in [5.74, 6) is -0.846. The van der Waals surface area contributed by atoms with Crippen LogP contribution in [0.2, 0.25) is 0 Å². The van der Waals surface area contributed by atoms with Gasteiger partial charge in [-0.2, -0.15) is 0 Å². The molecule has 1 aliphatic carbocycles. The number of benzene rings is 5. The number of allylic oxidation sites excluding steroid dienone is 1. The number of nitrogens with two attached hydrogens (primary N) is 2. The van der Waals surface area contributed by atoms with E-state index in [0.717, 1.165) is 33.0 Å². The summed E-state index contributed by atoms with van der Waals surface area (Å²) in [6.07, 6.45) is 2.98. The Morgan fingerprint density at radius 2 is 1.13 bits per heavy atom. The molecule has 184 valence electrons. The lowest BCUT2D eigenvalue weighted by atomic mass is 9.96. The maximum absolute atomic E-state index is 11.2. The third-order valence-corrected chi connectivity index (χ3v) is 6.07. The summed E-state index contributed by atoms with van der Waals surface area (Å²) in [5, 5.41) is 2.36. The fraction of sp³-hybridized carbons (Fsp3) is 0. The molecule has 7 rings (SSSR count). The molecular formula is C32H24N4O2. The molecule has 0 amide bonds. The van der Waals surface area contributed by atoms with Gasteiger partial charge in [-0.3, -0.25) is 9.59 Å². The molecule has 0 unspecified atom stereocenters. The predicted molar refractivity (Wildman–Crippen MR) is 155 cm³/mol. The van der Waals surface area contributed by atoms with Crippen LogP contribution < -0.4 is 11.5 Å². The van der Waals surface area contributed by atoms with E-state index in [1.807, 2.05) is 66.7 Å². The third-order valence-electron chi connectivity index (χ3n) is 6.07. The predicted octanol–water partition coefficient (Wildman–Crippen LogP) is 6.25. The van der Waals surface area contributed by atoms with Crippen LogP contribution in [-0.2, 0) is 4.79 Å². The number of rotatable bonds is 0. The average Bonchev–Trinajstić information content (AvgIpc) is 2.96. The SMILES string of the molecule is Nc1ccccc1N.O=C1C=Cc2ccccc2C1=O.c1ccc2c(c1)ccc1nc3ccccc3nc12. The topological polar surface area (TPSA) is 112 Å². The minimum absolute atomic E-state index is 0.409. The highest BCUT2D eigenvalue weighted by molar-refractivity contribution is 6.49. The van der Waals surface area contributed by atoms with Crippen molar-refractivity contribution in [2.24, 2.45) is 0 Å². The molecule has 0 bridgehead atoms. The standard InChI is InChI=1S/C16H10N2.C10H6O2.C6H8N2/c1-2-6-12-11(5-1)9-10-15-16(12)18-14-8-4-3-7-13(14)17-15;11-9-6-5-7-3-1-2-4-8(7)10(9)12;7-5-3-1-2-4-6(5)8/h1-10H;1-6H;1-4H,7-8H2. The zero-order valence-electron chi connectivity index (χ0n) is 20.4. The van der Waals surface area contributed by atoms with E-state index in [4.69, 9.17) is 16.5 Å². The van der Waals surface area contributed by atoms with Gasteiger partial charge >= 0.3 is 0 Å². The van der Waals surface area contributed by atoms with E-state index < -0.39 is 11.6 Å². The molecule has 1 aromatic heterocycles. The number of carbonyl (C=O) groups is 2. The van der Waals surface area contributed by atoms with Crippen molar-refractivity contribution in [2.75, 3.05) is 11.5 Å². The lowest BCUT2D eigenvalue weighted by Gasteiger charge is -2.06. The van der Waals surface area contributed by atoms with Gasteiger partial charge in [-0.15, -0.1) is 0 Å². The summed E-state index contributed by atoms with van der Waals surface area (Å²) >= 11 is 0. The number of hydrogen-bond acceptors (Lipinski definition) is 6. The van der Waals surface area contributed by atoms with E-state index >= 15 is 0 Å². The van der Waals surface area contributed by atoms with E-state index in [2.05, 4.69) is 23.2 Å². The van der Waals surface area contributed by atoms with E-state index in [0.29, 0.717) is 16.9 Å². The zero-order valence-corrected chi connectivity index (χ0v) is 20.4. The van der Waals surface area contributed by atoms with Crippen LogP contribution in [-0.4, -0.2) is 21.5 Å². The second-order valence-electron chi connectivity index (χ2n) is 8.61. The number of aromatic nitrogens is 2. The number of nitrogen functional groups attached to an aromatic ring is 2. The summed E-state index contributed by atoms with van der Waals surface area (Å²) in [6, 6.07) is 34.7. The number of para-hydroxylation sites is 4. The normalized spacial score (nSPS) is 11.9. The Balaban J connectivity index is 0.000000127. The van der Waals surface area contributed by atoms with Crippen LogP contribution in [0.15, 0.2) is 115 Å². The van der Waals surface area contributed by atoms with Gasteiger partial charge in [0.15, 0.2) is 0 Å². The Bertz CT molecular complexity index is 1820. The van der Waals surface area contributed by atoms with Crippen molar-refractivity contribution >= 4 is 61.9 Å². The van der Waals surface area contributed by atoms with Gasteiger partial charge in [-0.1, -0.05) is 84.9 Å². The smallest absolute Gasteiger partial charge is 0.233 e. The number of fused-ring (bicyclic) bond motifs is 5.